The molecular weight excluding hydrogens is 244 g/mol. The highest BCUT2D eigenvalue weighted by atomic mass is 79.9. The van der Waals surface area contributed by atoms with E-state index in [1.165, 1.54) is 0 Å². The first-order chi connectivity index (χ1) is 6.78. The highest BCUT2D eigenvalue weighted by Gasteiger charge is 2.16. The first-order valence-corrected chi connectivity index (χ1v) is 5.39. The van der Waals surface area contributed by atoms with Crippen molar-refractivity contribution in [1.82, 2.24) is 5.32 Å². The first-order valence-electron chi connectivity index (χ1n) is 4.60. The van der Waals surface area contributed by atoms with E-state index in [1.54, 1.807) is 7.11 Å². The highest BCUT2D eigenvalue weighted by molar-refractivity contribution is 9.10. The maximum Gasteiger partial charge on any atom is 0.122 e. The SMILES string of the molecule is COc1cc(Br)cc(NC2CNC2)c1. The van der Waals surface area contributed by atoms with Crippen molar-refractivity contribution in [3.05, 3.63) is 22.7 Å². The lowest BCUT2D eigenvalue weighted by atomic mass is 10.1. The van der Waals surface area contributed by atoms with Crippen molar-refractivity contribution >= 4 is 21.6 Å². The Kier molecular flexibility index (Phi) is 2.93. The fraction of sp³-hybridized carbons (Fsp3) is 0.400. The van der Waals surface area contributed by atoms with E-state index in [0.717, 1.165) is 29.0 Å². The number of nitrogens with one attached hydrogen (secondary N) is 2. The van der Waals surface area contributed by atoms with Crippen molar-refractivity contribution in [3.8, 4) is 5.75 Å². The molecular formula is C10H13BrN2O. The molecule has 0 saturated carbocycles. The molecule has 1 saturated heterocycles. The number of hydrogen-bond acceptors (Lipinski definition) is 3. The van der Waals surface area contributed by atoms with Gasteiger partial charge in [-0.3, -0.25) is 0 Å². The molecule has 0 radical (unpaired) electrons. The van der Waals surface area contributed by atoms with E-state index < -0.39 is 0 Å². The molecule has 1 aromatic carbocycles. The summed E-state index contributed by atoms with van der Waals surface area (Å²) in [6, 6.07) is 6.56. The Morgan fingerprint density at radius 1 is 1.43 bits per heavy atom. The monoisotopic (exact) mass is 256 g/mol. The van der Waals surface area contributed by atoms with Crippen LogP contribution in [0.15, 0.2) is 22.7 Å². The molecule has 0 unspecified atom stereocenters. The fourth-order valence-electron chi connectivity index (χ4n) is 1.39. The van der Waals surface area contributed by atoms with Gasteiger partial charge >= 0.3 is 0 Å². The summed E-state index contributed by atoms with van der Waals surface area (Å²) in [5.74, 6) is 0.870. The number of rotatable bonds is 3. The van der Waals surface area contributed by atoms with Crippen LogP contribution in [-0.4, -0.2) is 26.2 Å². The minimum absolute atomic E-state index is 0.550. The summed E-state index contributed by atoms with van der Waals surface area (Å²) in [5.41, 5.74) is 1.10. The smallest absolute Gasteiger partial charge is 0.122 e. The van der Waals surface area contributed by atoms with Crippen molar-refractivity contribution in [2.75, 3.05) is 25.5 Å². The lowest BCUT2D eigenvalue weighted by Crippen LogP contribution is -2.51. The van der Waals surface area contributed by atoms with Crippen LogP contribution < -0.4 is 15.4 Å². The molecule has 1 fully saturated rings. The highest BCUT2D eigenvalue weighted by Crippen LogP contribution is 2.25. The van der Waals surface area contributed by atoms with Crippen LogP contribution in [0.5, 0.6) is 5.75 Å². The zero-order chi connectivity index (χ0) is 9.97. The first kappa shape index (κ1) is 9.80. The summed E-state index contributed by atoms with van der Waals surface area (Å²) in [6.45, 7) is 2.07. The van der Waals surface area contributed by atoms with Crippen LogP contribution >= 0.6 is 15.9 Å². The van der Waals surface area contributed by atoms with Crippen LogP contribution in [0.4, 0.5) is 5.69 Å². The number of benzene rings is 1. The molecule has 76 valence electrons. The number of ether oxygens (including phenoxy) is 1. The molecule has 1 heterocycles. The number of hydrogen-bond donors (Lipinski definition) is 2. The average molecular weight is 257 g/mol. The van der Waals surface area contributed by atoms with E-state index in [4.69, 9.17) is 4.74 Å². The summed E-state index contributed by atoms with van der Waals surface area (Å²) in [6.07, 6.45) is 0. The van der Waals surface area contributed by atoms with Crippen molar-refractivity contribution in [3.63, 3.8) is 0 Å². The van der Waals surface area contributed by atoms with Gasteiger partial charge in [-0.15, -0.1) is 0 Å². The third kappa shape index (κ3) is 2.19. The van der Waals surface area contributed by atoms with Crippen LogP contribution in [0.3, 0.4) is 0 Å². The van der Waals surface area contributed by atoms with Crippen molar-refractivity contribution in [2.24, 2.45) is 0 Å². The van der Waals surface area contributed by atoms with Gasteiger partial charge in [0.1, 0.15) is 5.75 Å². The molecule has 0 amide bonds. The molecule has 0 atom stereocenters. The normalized spacial score (nSPS) is 16.1. The maximum atomic E-state index is 5.18. The van der Waals surface area contributed by atoms with Gasteiger partial charge in [0, 0.05) is 29.3 Å². The maximum absolute atomic E-state index is 5.18. The minimum atomic E-state index is 0.550. The summed E-state index contributed by atoms with van der Waals surface area (Å²) in [4.78, 5) is 0. The van der Waals surface area contributed by atoms with Crippen molar-refractivity contribution < 1.29 is 4.74 Å². The van der Waals surface area contributed by atoms with Gasteiger partial charge in [0.2, 0.25) is 0 Å². The molecule has 0 spiro atoms. The number of methoxy groups -OCH3 is 1. The number of halogens is 1. The third-order valence-corrected chi connectivity index (χ3v) is 2.72. The molecule has 0 aromatic heterocycles. The lowest BCUT2D eigenvalue weighted by molar-refractivity contribution is 0.414. The minimum Gasteiger partial charge on any atom is -0.497 e. The molecule has 1 aliphatic heterocycles. The Morgan fingerprint density at radius 3 is 2.79 bits per heavy atom. The van der Waals surface area contributed by atoms with E-state index in [0.29, 0.717) is 6.04 Å². The molecule has 4 heteroatoms. The Hall–Kier alpha value is -0.740. The van der Waals surface area contributed by atoms with Gasteiger partial charge < -0.3 is 15.4 Å². The standard InChI is InChI=1S/C10H13BrN2O/c1-14-10-3-7(11)2-8(4-10)13-9-5-12-6-9/h2-4,9,12-13H,5-6H2,1H3. The summed E-state index contributed by atoms with van der Waals surface area (Å²) >= 11 is 3.45. The van der Waals surface area contributed by atoms with E-state index >= 15 is 0 Å². The molecule has 0 bridgehead atoms. The Balaban J connectivity index is 2.11. The lowest BCUT2D eigenvalue weighted by Gasteiger charge is -2.29. The van der Waals surface area contributed by atoms with Crippen LogP contribution in [0.25, 0.3) is 0 Å². The van der Waals surface area contributed by atoms with Gasteiger partial charge in [-0.2, -0.15) is 0 Å². The Morgan fingerprint density at radius 2 is 2.21 bits per heavy atom. The van der Waals surface area contributed by atoms with Crippen LogP contribution in [0.2, 0.25) is 0 Å². The van der Waals surface area contributed by atoms with Crippen molar-refractivity contribution in [2.45, 2.75) is 6.04 Å². The van der Waals surface area contributed by atoms with Crippen LogP contribution in [0, 0.1) is 0 Å². The molecule has 0 aliphatic carbocycles. The van der Waals surface area contributed by atoms with Gasteiger partial charge in [0.15, 0.2) is 0 Å². The van der Waals surface area contributed by atoms with Gasteiger partial charge in [0.05, 0.1) is 13.2 Å². The molecule has 3 nitrogen and oxygen atoms in total. The molecule has 2 rings (SSSR count). The zero-order valence-electron chi connectivity index (χ0n) is 8.01. The van der Waals surface area contributed by atoms with Crippen molar-refractivity contribution in [1.29, 1.82) is 0 Å². The second-order valence-electron chi connectivity index (χ2n) is 3.38. The predicted octanol–water partition coefficient (Wildman–Crippen LogP) is 1.84. The zero-order valence-corrected chi connectivity index (χ0v) is 9.60. The van der Waals surface area contributed by atoms with Crippen LogP contribution in [-0.2, 0) is 0 Å². The quantitative estimate of drug-likeness (QED) is 0.866. The predicted molar refractivity (Wildman–Crippen MR) is 61.0 cm³/mol. The Bertz CT molecular complexity index is 326. The molecule has 1 aliphatic rings. The van der Waals surface area contributed by atoms with Gasteiger partial charge in [-0.1, -0.05) is 15.9 Å². The second kappa shape index (κ2) is 4.19. The van der Waals surface area contributed by atoms with Gasteiger partial charge in [-0.05, 0) is 12.1 Å². The van der Waals surface area contributed by atoms with Gasteiger partial charge in [-0.25, -0.2) is 0 Å². The van der Waals surface area contributed by atoms with E-state index in [1.807, 2.05) is 12.1 Å². The summed E-state index contributed by atoms with van der Waals surface area (Å²) in [5, 5.41) is 6.64. The van der Waals surface area contributed by atoms with Crippen LogP contribution in [0.1, 0.15) is 0 Å². The third-order valence-electron chi connectivity index (χ3n) is 2.26. The Labute approximate surface area is 92.0 Å². The average Bonchev–Trinajstić information content (AvgIpc) is 2.10. The van der Waals surface area contributed by atoms with Gasteiger partial charge in [0.25, 0.3) is 0 Å². The topological polar surface area (TPSA) is 33.3 Å². The van der Waals surface area contributed by atoms with E-state index in [9.17, 15) is 0 Å². The largest absolute Gasteiger partial charge is 0.497 e. The molecule has 1 aromatic rings. The summed E-state index contributed by atoms with van der Waals surface area (Å²) in [7, 11) is 1.68. The van der Waals surface area contributed by atoms with E-state index in [2.05, 4.69) is 32.6 Å². The second-order valence-corrected chi connectivity index (χ2v) is 4.29. The molecule has 2 N–H and O–H groups in total. The number of anilines is 1. The van der Waals surface area contributed by atoms with E-state index in [-0.39, 0.29) is 0 Å². The fourth-order valence-corrected chi connectivity index (χ4v) is 1.86. The molecule has 14 heavy (non-hydrogen) atoms. The summed E-state index contributed by atoms with van der Waals surface area (Å²) < 4.78 is 6.22.